The lowest BCUT2D eigenvalue weighted by Crippen LogP contribution is -2.34. The number of methoxy groups -OCH3 is 1. The number of anilines is 4. The van der Waals surface area contributed by atoms with E-state index in [1.807, 2.05) is 37.4 Å². The van der Waals surface area contributed by atoms with E-state index in [0.29, 0.717) is 46.4 Å². The van der Waals surface area contributed by atoms with E-state index in [2.05, 4.69) is 49.8 Å². The van der Waals surface area contributed by atoms with Crippen molar-refractivity contribution in [3.63, 3.8) is 0 Å². The molecule has 10 nitrogen and oxygen atoms in total. The third-order valence-electron chi connectivity index (χ3n) is 7.75. The van der Waals surface area contributed by atoms with Crippen LogP contribution >= 0.6 is 11.6 Å². The van der Waals surface area contributed by atoms with E-state index < -0.39 is 0 Å². The number of likely N-dealkylation sites (tertiary alicyclic amines) is 1. The van der Waals surface area contributed by atoms with E-state index in [-0.39, 0.29) is 5.91 Å². The Morgan fingerprint density at radius 3 is 2.90 bits per heavy atom. The lowest BCUT2D eigenvalue weighted by molar-refractivity contribution is -0.111. The van der Waals surface area contributed by atoms with Crippen molar-refractivity contribution in [2.75, 3.05) is 56.4 Å². The zero-order chi connectivity index (χ0) is 28.7. The highest BCUT2D eigenvalue weighted by atomic mass is 35.5. The van der Waals surface area contributed by atoms with Crippen molar-refractivity contribution in [1.82, 2.24) is 19.4 Å². The van der Waals surface area contributed by atoms with Crippen LogP contribution in [0.15, 0.2) is 55.4 Å². The Morgan fingerprint density at radius 1 is 1.29 bits per heavy atom. The zero-order valence-corrected chi connectivity index (χ0v) is 24.0. The molecule has 11 heteroatoms. The highest BCUT2D eigenvalue weighted by Crippen LogP contribution is 2.41. The van der Waals surface area contributed by atoms with Crippen LogP contribution in [0.5, 0.6) is 11.5 Å². The maximum Gasteiger partial charge on any atom is 0.247 e. The number of halogens is 1. The molecule has 0 bridgehead atoms. The van der Waals surface area contributed by atoms with Gasteiger partial charge in [0.05, 0.1) is 53.1 Å². The van der Waals surface area contributed by atoms with Crippen LogP contribution in [-0.4, -0.2) is 72.3 Å². The van der Waals surface area contributed by atoms with Gasteiger partial charge in [-0.3, -0.25) is 4.79 Å². The summed E-state index contributed by atoms with van der Waals surface area (Å²) in [6.45, 7) is 6.91. The van der Waals surface area contributed by atoms with Gasteiger partial charge in [-0.1, -0.05) is 30.3 Å². The summed E-state index contributed by atoms with van der Waals surface area (Å²) in [5.41, 5.74) is 4.59. The SMILES string of the molecule is C=CC(=O)Nc1cc(Nc2ncc(Cl)c(-c3cn4c5c(cccc35)OCC4)n2)c(OC)cc1N(C)C1CCN(C)C1. The molecule has 2 N–H and O–H groups in total. The Balaban J connectivity index is 1.38. The summed E-state index contributed by atoms with van der Waals surface area (Å²) in [5, 5.41) is 7.68. The first-order valence-electron chi connectivity index (χ1n) is 13.5. The summed E-state index contributed by atoms with van der Waals surface area (Å²) >= 11 is 6.64. The molecule has 4 heterocycles. The number of carbonyl (C=O) groups excluding carboxylic acids is 1. The lowest BCUT2D eigenvalue weighted by Gasteiger charge is -2.29. The normalized spacial score (nSPS) is 16.3. The fraction of sp³-hybridized carbons (Fsp3) is 0.300. The number of nitrogens with one attached hydrogen (secondary N) is 2. The second-order valence-electron chi connectivity index (χ2n) is 10.3. The number of hydrogen-bond donors (Lipinski definition) is 2. The molecule has 1 fully saturated rings. The molecule has 2 aliphatic heterocycles. The van der Waals surface area contributed by atoms with E-state index in [9.17, 15) is 4.79 Å². The largest absolute Gasteiger partial charge is 0.494 e. The Bertz CT molecular complexity index is 1650. The van der Waals surface area contributed by atoms with Crippen LogP contribution in [0, 0.1) is 0 Å². The summed E-state index contributed by atoms with van der Waals surface area (Å²) in [6, 6.07) is 10.0. The third kappa shape index (κ3) is 5.05. The number of benzene rings is 2. The van der Waals surface area contributed by atoms with Crippen molar-refractivity contribution in [3.8, 4) is 22.8 Å². The zero-order valence-electron chi connectivity index (χ0n) is 23.3. The van der Waals surface area contributed by atoms with Gasteiger partial charge in [0.1, 0.15) is 18.1 Å². The Labute approximate surface area is 243 Å². The van der Waals surface area contributed by atoms with Crippen molar-refractivity contribution in [2.45, 2.75) is 19.0 Å². The number of carbonyl (C=O) groups is 1. The maximum absolute atomic E-state index is 12.4. The standard InChI is InChI=1S/C30H32ClN7O3/c1-5-27(39)33-22-13-23(26(40-4)14-24(22)37(3)18-9-10-36(2)16-18)34-30-32-15-21(31)28(35-30)20-17-38-11-12-41-25-8-6-7-19(20)29(25)38/h5-8,13-15,17-18H,1,9-12,16H2,2-4H3,(H,33,39)(H,32,34,35). The molecular weight excluding hydrogens is 542 g/mol. The number of nitrogens with zero attached hydrogens (tertiary/aromatic N) is 5. The number of ether oxygens (including phenoxy) is 2. The molecule has 212 valence electrons. The van der Waals surface area contributed by atoms with Crippen molar-refractivity contribution in [1.29, 1.82) is 0 Å². The van der Waals surface area contributed by atoms with Gasteiger partial charge in [0.25, 0.3) is 0 Å². The van der Waals surface area contributed by atoms with Crippen LogP contribution in [0.1, 0.15) is 6.42 Å². The predicted molar refractivity (Wildman–Crippen MR) is 163 cm³/mol. The van der Waals surface area contributed by atoms with Gasteiger partial charge < -0.3 is 34.5 Å². The fourth-order valence-corrected chi connectivity index (χ4v) is 5.83. The minimum Gasteiger partial charge on any atom is -0.494 e. The Kier molecular flexibility index (Phi) is 7.19. The van der Waals surface area contributed by atoms with Crippen molar-refractivity contribution in [2.24, 2.45) is 0 Å². The van der Waals surface area contributed by atoms with Crippen LogP contribution in [0.4, 0.5) is 23.0 Å². The van der Waals surface area contributed by atoms with Gasteiger partial charge in [0.15, 0.2) is 0 Å². The highest BCUT2D eigenvalue weighted by Gasteiger charge is 2.27. The fourth-order valence-electron chi connectivity index (χ4n) is 5.63. The molecule has 1 unspecified atom stereocenters. The van der Waals surface area contributed by atoms with Gasteiger partial charge in [-0.2, -0.15) is 0 Å². The highest BCUT2D eigenvalue weighted by molar-refractivity contribution is 6.33. The molecule has 1 amide bonds. The number of likely N-dealkylation sites (N-methyl/N-ethyl adjacent to an activating group) is 2. The Hall–Kier alpha value is -4.28. The van der Waals surface area contributed by atoms with Crippen LogP contribution in [0.3, 0.4) is 0 Å². The molecule has 0 aliphatic carbocycles. The molecule has 0 spiro atoms. The summed E-state index contributed by atoms with van der Waals surface area (Å²) < 4.78 is 13.8. The molecule has 0 radical (unpaired) electrons. The minimum absolute atomic E-state index is 0.300. The molecular formula is C30H32ClN7O3. The lowest BCUT2D eigenvalue weighted by atomic mass is 10.1. The second kappa shape index (κ2) is 10.9. The maximum atomic E-state index is 12.4. The number of aromatic nitrogens is 3. The molecule has 2 aromatic heterocycles. The van der Waals surface area contributed by atoms with Crippen LogP contribution in [-0.2, 0) is 11.3 Å². The summed E-state index contributed by atoms with van der Waals surface area (Å²) in [4.78, 5) is 26.1. The molecule has 41 heavy (non-hydrogen) atoms. The monoisotopic (exact) mass is 573 g/mol. The van der Waals surface area contributed by atoms with Gasteiger partial charge in [-0.15, -0.1) is 0 Å². The number of rotatable bonds is 8. The second-order valence-corrected chi connectivity index (χ2v) is 10.7. The van der Waals surface area contributed by atoms with Crippen molar-refractivity contribution >= 4 is 51.4 Å². The molecule has 0 saturated carbocycles. The summed E-state index contributed by atoms with van der Waals surface area (Å²) in [7, 11) is 5.76. The van der Waals surface area contributed by atoms with Gasteiger partial charge in [0, 0.05) is 42.8 Å². The number of hydrogen-bond acceptors (Lipinski definition) is 8. The third-order valence-corrected chi connectivity index (χ3v) is 8.03. The van der Waals surface area contributed by atoms with Gasteiger partial charge in [0.2, 0.25) is 11.9 Å². The first-order valence-corrected chi connectivity index (χ1v) is 13.9. The molecule has 1 atom stereocenters. The van der Waals surface area contributed by atoms with Crippen molar-refractivity contribution in [3.05, 3.63) is 60.4 Å². The van der Waals surface area contributed by atoms with E-state index in [4.69, 9.17) is 26.1 Å². The topological polar surface area (TPSA) is 96.8 Å². The molecule has 2 aromatic carbocycles. The number of para-hydroxylation sites is 1. The van der Waals surface area contributed by atoms with Crippen LogP contribution in [0.2, 0.25) is 5.02 Å². The van der Waals surface area contributed by atoms with E-state index in [1.54, 1.807) is 13.3 Å². The minimum atomic E-state index is -0.304. The van der Waals surface area contributed by atoms with E-state index in [1.165, 1.54) is 6.08 Å². The first kappa shape index (κ1) is 26.9. The van der Waals surface area contributed by atoms with Gasteiger partial charge in [-0.05, 0) is 38.2 Å². The van der Waals surface area contributed by atoms with Crippen LogP contribution < -0.4 is 25.0 Å². The quantitative estimate of drug-likeness (QED) is 0.279. The van der Waals surface area contributed by atoms with Crippen molar-refractivity contribution < 1.29 is 14.3 Å². The summed E-state index contributed by atoms with van der Waals surface area (Å²) in [5.74, 6) is 1.46. The average Bonchev–Trinajstić information content (AvgIpc) is 3.59. The van der Waals surface area contributed by atoms with E-state index >= 15 is 0 Å². The molecule has 6 rings (SSSR count). The van der Waals surface area contributed by atoms with Crippen LogP contribution in [0.25, 0.3) is 22.2 Å². The first-order chi connectivity index (χ1) is 19.9. The number of amides is 1. The van der Waals surface area contributed by atoms with Gasteiger partial charge >= 0.3 is 0 Å². The average molecular weight is 574 g/mol. The Morgan fingerprint density at radius 2 is 2.15 bits per heavy atom. The molecule has 1 saturated heterocycles. The smallest absolute Gasteiger partial charge is 0.247 e. The summed E-state index contributed by atoms with van der Waals surface area (Å²) in [6.07, 6.45) is 5.92. The molecule has 2 aliphatic rings. The van der Waals surface area contributed by atoms with E-state index in [0.717, 1.165) is 54.0 Å². The predicted octanol–water partition coefficient (Wildman–Crippen LogP) is 5.16. The molecule has 4 aromatic rings. The van der Waals surface area contributed by atoms with Gasteiger partial charge in [-0.25, -0.2) is 9.97 Å².